The molecule has 18 heavy (non-hydrogen) atoms. The Morgan fingerprint density at radius 3 is 2.61 bits per heavy atom. The van der Waals surface area contributed by atoms with Crippen molar-refractivity contribution in [1.29, 1.82) is 0 Å². The molecule has 4 heteroatoms. The van der Waals surface area contributed by atoms with Crippen molar-refractivity contribution in [3.63, 3.8) is 0 Å². The lowest BCUT2D eigenvalue weighted by atomic mass is 9.80. The summed E-state index contributed by atoms with van der Waals surface area (Å²) in [7, 11) is 1.97. The number of hydrogen-bond donors (Lipinski definition) is 0. The maximum atomic E-state index is 5.30. The van der Waals surface area contributed by atoms with Gasteiger partial charge in [0.25, 0.3) is 5.88 Å². The van der Waals surface area contributed by atoms with Gasteiger partial charge in [-0.1, -0.05) is 32.3 Å². The molecule has 0 saturated carbocycles. The van der Waals surface area contributed by atoms with Crippen LogP contribution in [0, 0.1) is 0 Å². The van der Waals surface area contributed by atoms with Crippen LogP contribution in [0.2, 0.25) is 0 Å². The lowest BCUT2D eigenvalue weighted by Gasteiger charge is -2.27. The van der Waals surface area contributed by atoms with Crippen molar-refractivity contribution in [2.24, 2.45) is 12.2 Å². The van der Waals surface area contributed by atoms with Crippen molar-refractivity contribution in [3.05, 3.63) is 11.8 Å². The standard InChI is InChI=1S/C14H25N3O/c1-7-9-14(5,8-2)12-10-13(15-17(12)6)18-16-11(3)4/h10H,7-9H2,1-6H3. The number of aryl methyl sites for hydroxylation is 1. The molecule has 1 unspecified atom stereocenters. The molecule has 0 fully saturated rings. The minimum atomic E-state index is 0.156. The molecule has 102 valence electrons. The van der Waals surface area contributed by atoms with E-state index in [0.29, 0.717) is 5.88 Å². The molecule has 0 N–H and O–H groups in total. The summed E-state index contributed by atoms with van der Waals surface area (Å²) in [4.78, 5) is 5.30. The van der Waals surface area contributed by atoms with Crippen molar-refractivity contribution < 1.29 is 4.84 Å². The van der Waals surface area contributed by atoms with E-state index in [1.807, 2.05) is 31.6 Å². The number of oxime groups is 1. The minimum Gasteiger partial charge on any atom is -0.335 e. The summed E-state index contributed by atoms with van der Waals surface area (Å²) in [5, 5.41) is 8.31. The van der Waals surface area contributed by atoms with Crippen LogP contribution < -0.4 is 4.84 Å². The molecule has 1 atom stereocenters. The zero-order chi connectivity index (χ0) is 13.8. The van der Waals surface area contributed by atoms with Gasteiger partial charge in [0.05, 0.1) is 5.71 Å². The topological polar surface area (TPSA) is 39.4 Å². The van der Waals surface area contributed by atoms with Crippen molar-refractivity contribution in [2.75, 3.05) is 0 Å². The van der Waals surface area contributed by atoms with Crippen molar-refractivity contribution in [3.8, 4) is 5.88 Å². The normalized spacial score (nSPS) is 14.1. The summed E-state index contributed by atoms with van der Waals surface area (Å²) in [5.41, 5.74) is 2.25. The van der Waals surface area contributed by atoms with Crippen LogP contribution in [0.25, 0.3) is 0 Å². The van der Waals surface area contributed by atoms with Gasteiger partial charge in [-0.3, -0.25) is 4.68 Å². The van der Waals surface area contributed by atoms with E-state index in [1.165, 1.54) is 5.69 Å². The van der Waals surface area contributed by atoms with Gasteiger partial charge in [0.15, 0.2) is 0 Å². The number of nitrogens with zero attached hydrogens (tertiary/aromatic N) is 3. The lowest BCUT2D eigenvalue weighted by molar-refractivity contribution is 0.323. The Balaban J connectivity index is 2.99. The molecule has 1 heterocycles. The maximum Gasteiger partial charge on any atom is 0.267 e. The third-order valence-corrected chi connectivity index (χ3v) is 3.38. The Morgan fingerprint density at radius 1 is 1.44 bits per heavy atom. The van der Waals surface area contributed by atoms with Crippen molar-refractivity contribution >= 4 is 5.71 Å². The fourth-order valence-corrected chi connectivity index (χ4v) is 2.23. The molecule has 0 radical (unpaired) electrons. The molecular weight excluding hydrogens is 226 g/mol. The van der Waals surface area contributed by atoms with E-state index in [2.05, 4.69) is 31.0 Å². The first-order valence-electron chi connectivity index (χ1n) is 6.65. The monoisotopic (exact) mass is 251 g/mol. The molecule has 0 amide bonds. The van der Waals surface area contributed by atoms with Crippen LogP contribution in [-0.2, 0) is 12.5 Å². The zero-order valence-corrected chi connectivity index (χ0v) is 12.4. The summed E-state index contributed by atoms with van der Waals surface area (Å²) in [6.07, 6.45) is 3.41. The van der Waals surface area contributed by atoms with E-state index < -0.39 is 0 Å². The van der Waals surface area contributed by atoms with E-state index in [9.17, 15) is 0 Å². The van der Waals surface area contributed by atoms with E-state index in [-0.39, 0.29) is 5.41 Å². The van der Waals surface area contributed by atoms with E-state index in [0.717, 1.165) is 25.0 Å². The zero-order valence-electron chi connectivity index (χ0n) is 12.4. The van der Waals surface area contributed by atoms with Gasteiger partial charge < -0.3 is 4.84 Å². The first-order chi connectivity index (χ1) is 8.42. The molecule has 1 rings (SSSR count). The second-order valence-corrected chi connectivity index (χ2v) is 5.29. The molecule has 1 aromatic rings. The first-order valence-corrected chi connectivity index (χ1v) is 6.65. The molecule has 0 aromatic carbocycles. The van der Waals surface area contributed by atoms with Crippen LogP contribution in [0.3, 0.4) is 0 Å². The second-order valence-electron chi connectivity index (χ2n) is 5.29. The van der Waals surface area contributed by atoms with Crippen LogP contribution in [-0.4, -0.2) is 15.5 Å². The molecule has 4 nitrogen and oxygen atoms in total. The molecule has 0 aliphatic heterocycles. The number of rotatable bonds is 6. The maximum absolute atomic E-state index is 5.30. The van der Waals surface area contributed by atoms with Crippen LogP contribution in [0.5, 0.6) is 5.88 Å². The third kappa shape index (κ3) is 3.34. The summed E-state index contributed by atoms with van der Waals surface area (Å²) >= 11 is 0. The van der Waals surface area contributed by atoms with Gasteiger partial charge in [-0.25, -0.2) is 0 Å². The van der Waals surface area contributed by atoms with Crippen molar-refractivity contribution in [2.45, 2.75) is 59.3 Å². The minimum absolute atomic E-state index is 0.156. The smallest absolute Gasteiger partial charge is 0.267 e. The van der Waals surface area contributed by atoms with Crippen LogP contribution >= 0.6 is 0 Å². The fraction of sp³-hybridized carbons (Fsp3) is 0.714. The Kier molecular flexibility index (Phi) is 4.93. The van der Waals surface area contributed by atoms with Gasteiger partial charge in [0.1, 0.15) is 0 Å². The van der Waals surface area contributed by atoms with E-state index in [1.54, 1.807) is 0 Å². The Morgan fingerprint density at radius 2 is 2.11 bits per heavy atom. The van der Waals surface area contributed by atoms with Crippen LogP contribution in [0.15, 0.2) is 11.2 Å². The molecule has 0 spiro atoms. The largest absolute Gasteiger partial charge is 0.335 e. The predicted molar refractivity (Wildman–Crippen MR) is 75.2 cm³/mol. The lowest BCUT2D eigenvalue weighted by Crippen LogP contribution is -2.24. The highest BCUT2D eigenvalue weighted by atomic mass is 16.6. The SMILES string of the molecule is CCCC(C)(CC)c1cc(ON=C(C)C)nn1C. The third-order valence-electron chi connectivity index (χ3n) is 3.38. The van der Waals surface area contributed by atoms with Gasteiger partial charge in [-0.05, 0) is 26.7 Å². The first kappa shape index (κ1) is 14.7. The Bertz CT molecular complexity index is 419. The van der Waals surface area contributed by atoms with Gasteiger partial charge in [-0.15, -0.1) is 5.10 Å². The van der Waals surface area contributed by atoms with Gasteiger partial charge >= 0.3 is 0 Å². The predicted octanol–water partition coefficient (Wildman–Crippen LogP) is 3.66. The quantitative estimate of drug-likeness (QED) is 0.571. The molecule has 0 aliphatic carbocycles. The van der Waals surface area contributed by atoms with Gasteiger partial charge in [-0.2, -0.15) is 0 Å². The van der Waals surface area contributed by atoms with Gasteiger partial charge in [0, 0.05) is 24.2 Å². The van der Waals surface area contributed by atoms with Crippen molar-refractivity contribution in [1.82, 2.24) is 9.78 Å². The average Bonchev–Trinajstić information content (AvgIpc) is 2.69. The number of hydrogen-bond acceptors (Lipinski definition) is 3. The summed E-state index contributed by atoms with van der Waals surface area (Å²) in [6, 6.07) is 2.01. The molecule has 1 aromatic heterocycles. The van der Waals surface area contributed by atoms with Crippen LogP contribution in [0.1, 0.15) is 59.6 Å². The summed E-state index contributed by atoms with van der Waals surface area (Å²) in [5.74, 6) is 0.574. The Hall–Kier alpha value is -1.32. The fourth-order valence-electron chi connectivity index (χ4n) is 2.23. The molecular formula is C14H25N3O. The molecule has 0 bridgehead atoms. The molecule has 0 saturated heterocycles. The molecule has 0 aliphatic rings. The van der Waals surface area contributed by atoms with Crippen LogP contribution in [0.4, 0.5) is 0 Å². The summed E-state index contributed by atoms with van der Waals surface area (Å²) in [6.45, 7) is 10.5. The highest BCUT2D eigenvalue weighted by molar-refractivity contribution is 5.78. The summed E-state index contributed by atoms with van der Waals surface area (Å²) < 4.78 is 1.91. The van der Waals surface area contributed by atoms with E-state index >= 15 is 0 Å². The average molecular weight is 251 g/mol. The highest BCUT2D eigenvalue weighted by Gasteiger charge is 2.28. The van der Waals surface area contributed by atoms with Gasteiger partial charge in [0.2, 0.25) is 0 Å². The Labute approximate surface area is 110 Å². The number of aromatic nitrogens is 2. The second kappa shape index (κ2) is 6.03. The van der Waals surface area contributed by atoms with E-state index in [4.69, 9.17) is 4.84 Å². The highest BCUT2D eigenvalue weighted by Crippen LogP contribution is 2.33.